The Morgan fingerprint density at radius 1 is 1.17 bits per heavy atom. The van der Waals surface area contributed by atoms with Gasteiger partial charge in [0, 0.05) is 10.7 Å². The maximum atomic E-state index is 12.3. The van der Waals surface area contributed by atoms with Gasteiger partial charge in [0.1, 0.15) is 16.5 Å². The SMILES string of the molecule is Cc1cc(Cl)ccc1OCC(=O)Nc1ccc(O)c(-c2nc3ccccc3s2)c1. The summed E-state index contributed by atoms with van der Waals surface area (Å²) in [6.07, 6.45) is 0. The smallest absolute Gasteiger partial charge is 0.262 e. The Kier molecular flexibility index (Phi) is 5.38. The maximum Gasteiger partial charge on any atom is 0.262 e. The molecule has 0 fully saturated rings. The van der Waals surface area contributed by atoms with Gasteiger partial charge < -0.3 is 15.2 Å². The molecule has 7 heteroatoms. The molecular formula is C22H17ClN2O3S. The molecule has 0 aliphatic heterocycles. The third kappa shape index (κ3) is 4.34. The summed E-state index contributed by atoms with van der Waals surface area (Å²) in [5, 5.41) is 14.4. The van der Waals surface area contributed by atoms with Crippen molar-refractivity contribution in [3.05, 3.63) is 71.2 Å². The average Bonchev–Trinajstić information content (AvgIpc) is 3.13. The molecule has 5 nitrogen and oxygen atoms in total. The highest BCUT2D eigenvalue weighted by Gasteiger charge is 2.13. The summed E-state index contributed by atoms with van der Waals surface area (Å²) < 4.78 is 6.60. The van der Waals surface area contributed by atoms with Crippen LogP contribution in [-0.4, -0.2) is 22.6 Å². The van der Waals surface area contributed by atoms with E-state index in [4.69, 9.17) is 16.3 Å². The molecule has 1 aromatic heterocycles. The predicted octanol–water partition coefficient (Wildman–Crippen LogP) is 5.65. The first kappa shape index (κ1) is 19.2. The number of nitrogens with zero attached hydrogens (tertiary/aromatic N) is 1. The lowest BCUT2D eigenvalue weighted by Crippen LogP contribution is -2.20. The Hall–Kier alpha value is -3.09. The minimum absolute atomic E-state index is 0.107. The van der Waals surface area contributed by atoms with Crippen LogP contribution in [0.15, 0.2) is 60.7 Å². The van der Waals surface area contributed by atoms with Gasteiger partial charge in [-0.05, 0) is 61.0 Å². The number of fused-ring (bicyclic) bond motifs is 1. The lowest BCUT2D eigenvalue weighted by Gasteiger charge is -2.11. The topological polar surface area (TPSA) is 71.5 Å². The molecule has 0 saturated carbocycles. The van der Waals surface area contributed by atoms with Crippen molar-refractivity contribution in [1.82, 2.24) is 4.98 Å². The number of hydrogen-bond donors (Lipinski definition) is 2. The largest absolute Gasteiger partial charge is 0.507 e. The van der Waals surface area contributed by atoms with Gasteiger partial charge in [-0.25, -0.2) is 4.98 Å². The molecule has 1 heterocycles. The number of ether oxygens (including phenoxy) is 1. The number of para-hydroxylation sites is 1. The third-order valence-electron chi connectivity index (χ3n) is 4.30. The summed E-state index contributed by atoms with van der Waals surface area (Å²) in [6, 6.07) is 17.9. The number of benzene rings is 3. The molecule has 0 unspecified atom stereocenters. The summed E-state index contributed by atoms with van der Waals surface area (Å²) in [5.74, 6) is 0.404. The molecule has 2 N–H and O–H groups in total. The quantitative estimate of drug-likeness (QED) is 0.406. The lowest BCUT2D eigenvalue weighted by molar-refractivity contribution is -0.118. The van der Waals surface area contributed by atoms with E-state index in [0.29, 0.717) is 27.0 Å². The molecule has 4 aromatic rings. The molecule has 3 aromatic carbocycles. The summed E-state index contributed by atoms with van der Waals surface area (Å²) in [5.41, 5.74) is 2.85. The van der Waals surface area contributed by atoms with E-state index in [1.54, 1.807) is 36.4 Å². The summed E-state index contributed by atoms with van der Waals surface area (Å²) in [6.45, 7) is 1.73. The molecule has 0 aliphatic carbocycles. The van der Waals surface area contributed by atoms with Crippen molar-refractivity contribution in [3.8, 4) is 22.1 Å². The Morgan fingerprint density at radius 2 is 2.00 bits per heavy atom. The molecule has 1 amide bonds. The number of phenols is 1. The first-order chi connectivity index (χ1) is 14.0. The van der Waals surface area contributed by atoms with E-state index < -0.39 is 0 Å². The van der Waals surface area contributed by atoms with Gasteiger partial charge in [0.2, 0.25) is 0 Å². The van der Waals surface area contributed by atoms with Gasteiger partial charge in [-0.2, -0.15) is 0 Å². The van der Waals surface area contributed by atoms with Crippen molar-refractivity contribution in [2.24, 2.45) is 0 Å². The minimum Gasteiger partial charge on any atom is -0.507 e. The molecule has 4 rings (SSSR count). The van der Waals surface area contributed by atoms with Crippen molar-refractivity contribution >= 4 is 44.7 Å². The van der Waals surface area contributed by atoms with Crippen LogP contribution in [-0.2, 0) is 4.79 Å². The first-order valence-corrected chi connectivity index (χ1v) is 10.1. The fourth-order valence-electron chi connectivity index (χ4n) is 2.89. The Balaban J connectivity index is 1.49. The van der Waals surface area contributed by atoms with Gasteiger partial charge in [0.25, 0.3) is 5.91 Å². The number of thiazole rings is 1. The van der Waals surface area contributed by atoms with Crippen LogP contribution in [0.25, 0.3) is 20.8 Å². The van der Waals surface area contributed by atoms with E-state index in [2.05, 4.69) is 10.3 Å². The van der Waals surface area contributed by atoms with E-state index in [0.717, 1.165) is 15.8 Å². The number of aryl methyl sites for hydroxylation is 1. The van der Waals surface area contributed by atoms with Crippen molar-refractivity contribution < 1.29 is 14.6 Å². The maximum absolute atomic E-state index is 12.3. The molecule has 0 radical (unpaired) electrons. The van der Waals surface area contributed by atoms with Crippen LogP contribution in [0.5, 0.6) is 11.5 Å². The molecule has 29 heavy (non-hydrogen) atoms. The number of aromatic hydroxyl groups is 1. The number of carbonyl (C=O) groups is 1. The van der Waals surface area contributed by atoms with Crippen LogP contribution in [0.3, 0.4) is 0 Å². The zero-order valence-corrected chi connectivity index (χ0v) is 17.1. The highest BCUT2D eigenvalue weighted by Crippen LogP contribution is 2.36. The van der Waals surface area contributed by atoms with Crippen molar-refractivity contribution in [3.63, 3.8) is 0 Å². The highest BCUT2D eigenvalue weighted by molar-refractivity contribution is 7.21. The van der Waals surface area contributed by atoms with E-state index in [1.807, 2.05) is 31.2 Å². The fraction of sp³-hybridized carbons (Fsp3) is 0.0909. The average molecular weight is 425 g/mol. The standard InChI is InChI=1S/C22H17ClN2O3S/c1-13-10-14(23)6-9-19(13)28-12-21(27)24-15-7-8-18(26)16(11-15)22-25-17-4-2-3-5-20(17)29-22/h2-11,26H,12H2,1H3,(H,24,27). The van der Waals surface area contributed by atoms with Gasteiger partial charge in [0.15, 0.2) is 6.61 Å². The van der Waals surface area contributed by atoms with E-state index in [1.165, 1.54) is 11.3 Å². The van der Waals surface area contributed by atoms with Crippen molar-refractivity contribution in [1.29, 1.82) is 0 Å². The van der Waals surface area contributed by atoms with E-state index in [-0.39, 0.29) is 18.3 Å². The second kappa shape index (κ2) is 8.11. The Morgan fingerprint density at radius 3 is 2.79 bits per heavy atom. The van der Waals surface area contributed by atoms with Crippen LogP contribution in [0.1, 0.15) is 5.56 Å². The van der Waals surface area contributed by atoms with Crippen LogP contribution in [0.2, 0.25) is 5.02 Å². The van der Waals surface area contributed by atoms with Gasteiger partial charge in [-0.1, -0.05) is 23.7 Å². The minimum atomic E-state index is -0.305. The second-order valence-electron chi connectivity index (χ2n) is 6.47. The Labute approximate surface area is 176 Å². The number of carbonyl (C=O) groups excluding carboxylic acids is 1. The van der Waals surface area contributed by atoms with E-state index >= 15 is 0 Å². The molecule has 0 aliphatic rings. The molecule has 0 bridgehead atoms. The van der Waals surface area contributed by atoms with Gasteiger partial charge in [-0.3, -0.25) is 4.79 Å². The number of halogens is 1. The van der Waals surface area contributed by atoms with Gasteiger partial charge in [0.05, 0.1) is 15.8 Å². The molecule has 0 saturated heterocycles. The number of phenolic OH excluding ortho intramolecular Hbond substituents is 1. The van der Waals surface area contributed by atoms with Gasteiger partial charge >= 0.3 is 0 Å². The van der Waals surface area contributed by atoms with Gasteiger partial charge in [-0.15, -0.1) is 11.3 Å². The van der Waals surface area contributed by atoms with Crippen LogP contribution in [0, 0.1) is 6.92 Å². The zero-order valence-electron chi connectivity index (χ0n) is 15.5. The second-order valence-corrected chi connectivity index (χ2v) is 7.93. The molecule has 0 spiro atoms. The number of amides is 1. The first-order valence-electron chi connectivity index (χ1n) is 8.87. The van der Waals surface area contributed by atoms with Crippen molar-refractivity contribution in [2.75, 3.05) is 11.9 Å². The summed E-state index contributed by atoms with van der Waals surface area (Å²) >= 11 is 7.41. The number of hydrogen-bond acceptors (Lipinski definition) is 5. The molecule has 0 atom stereocenters. The number of rotatable bonds is 5. The monoisotopic (exact) mass is 424 g/mol. The Bertz CT molecular complexity index is 1170. The molecular weight excluding hydrogens is 408 g/mol. The van der Waals surface area contributed by atoms with Crippen LogP contribution < -0.4 is 10.1 Å². The number of aromatic nitrogens is 1. The van der Waals surface area contributed by atoms with Crippen LogP contribution in [0.4, 0.5) is 5.69 Å². The number of anilines is 1. The van der Waals surface area contributed by atoms with E-state index in [9.17, 15) is 9.90 Å². The van der Waals surface area contributed by atoms with Crippen LogP contribution >= 0.6 is 22.9 Å². The number of nitrogens with one attached hydrogen (secondary N) is 1. The summed E-state index contributed by atoms with van der Waals surface area (Å²) in [4.78, 5) is 16.9. The summed E-state index contributed by atoms with van der Waals surface area (Å²) in [7, 11) is 0. The third-order valence-corrected chi connectivity index (χ3v) is 5.61. The normalized spacial score (nSPS) is 10.8. The lowest BCUT2D eigenvalue weighted by atomic mass is 10.2. The zero-order chi connectivity index (χ0) is 20.4. The predicted molar refractivity (Wildman–Crippen MR) is 117 cm³/mol. The van der Waals surface area contributed by atoms with Crippen molar-refractivity contribution in [2.45, 2.75) is 6.92 Å². The fourth-order valence-corrected chi connectivity index (χ4v) is 4.10. The molecule has 146 valence electrons. The highest BCUT2D eigenvalue weighted by atomic mass is 35.5.